The molecular weight excluding hydrogens is 328 g/mol. The second-order valence-corrected chi connectivity index (χ2v) is 8.36. The summed E-state index contributed by atoms with van der Waals surface area (Å²) in [5, 5.41) is 3.87. The van der Waals surface area contributed by atoms with E-state index >= 15 is 0 Å². The lowest BCUT2D eigenvalue weighted by atomic mass is 9.99. The summed E-state index contributed by atoms with van der Waals surface area (Å²) in [6, 6.07) is 7.93. The van der Waals surface area contributed by atoms with Gasteiger partial charge in [-0.3, -0.25) is 4.79 Å². The molecule has 0 atom stereocenters. The topological polar surface area (TPSA) is 80.5 Å². The molecule has 128 valence electrons. The number of nitrogens with zero attached hydrogens (tertiary/aromatic N) is 2. The summed E-state index contributed by atoms with van der Waals surface area (Å²) in [5.74, 6) is 0.976. The Balaban J connectivity index is 1.77. The Morgan fingerprint density at radius 3 is 2.42 bits per heavy atom. The van der Waals surface area contributed by atoms with Crippen LogP contribution in [0.5, 0.6) is 0 Å². The highest BCUT2D eigenvalue weighted by Crippen LogP contribution is 2.24. The van der Waals surface area contributed by atoms with Gasteiger partial charge in [-0.15, -0.1) is 0 Å². The first-order chi connectivity index (χ1) is 11.3. The molecule has 7 heteroatoms. The van der Waals surface area contributed by atoms with Gasteiger partial charge in [-0.1, -0.05) is 12.1 Å². The van der Waals surface area contributed by atoms with Crippen LogP contribution in [-0.4, -0.2) is 43.7 Å². The molecule has 1 aliphatic heterocycles. The predicted molar refractivity (Wildman–Crippen MR) is 89.4 cm³/mol. The van der Waals surface area contributed by atoms with Crippen molar-refractivity contribution in [3.63, 3.8) is 0 Å². The van der Waals surface area contributed by atoms with Crippen molar-refractivity contribution in [3.05, 3.63) is 36.0 Å². The van der Waals surface area contributed by atoms with E-state index in [2.05, 4.69) is 12.1 Å². The van der Waals surface area contributed by atoms with Crippen LogP contribution in [0.2, 0.25) is 0 Å². The third-order valence-electron chi connectivity index (χ3n) is 4.37. The van der Waals surface area contributed by atoms with E-state index in [-0.39, 0.29) is 16.5 Å². The zero-order valence-electron chi connectivity index (χ0n) is 13.7. The zero-order chi connectivity index (χ0) is 17.3. The van der Waals surface area contributed by atoms with Crippen molar-refractivity contribution < 1.29 is 17.7 Å². The molecular formula is C17H20N2O4S. The minimum absolute atomic E-state index is 0.121. The standard InChI is InChI=1S/C17H20N2O4S/c1-12-7-9-19(10-8-12)17(20)15-11-16(23-18-15)13-3-5-14(6-4-13)24(2,21)22/h3-6,11-12H,7-10H2,1-2H3. The summed E-state index contributed by atoms with van der Waals surface area (Å²) in [6.07, 6.45) is 3.17. The van der Waals surface area contributed by atoms with E-state index in [0.717, 1.165) is 32.2 Å². The second kappa shape index (κ2) is 6.39. The van der Waals surface area contributed by atoms with Gasteiger partial charge in [0.15, 0.2) is 21.3 Å². The van der Waals surface area contributed by atoms with Gasteiger partial charge in [-0.25, -0.2) is 8.42 Å². The van der Waals surface area contributed by atoms with E-state index < -0.39 is 9.84 Å². The molecule has 2 aromatic rings. The molecule has 1 aromatic heterocycles. The lowest BCUT2D eigenvalue weighted by molar-refractivity contribution is 0.0687. The van der Waals surface area contributed by atoms with E-state index in [1.165, 1.54) is 12.1 Å². The molecule has 1 amide bonds. The molecule has 0 N–H and O–H groups in total. The molecule has 0 spiro atoms. The normalized spacial score (nSPS) is 16.3. The molecule has 3 rings (SSSR count). The van der Waals surface area contributed by atoms with Gasteiger partial charge in [0, 0.05) is 31.0 Å². The number of carbonyl (C=O) groups is 1. The van der Waals surface area contributed by atoms with E-state index in [4.69, 9.17) is 4.52 Å². The molecule has 2 heterocycles. The highest BCUT2D eigenvalue weighted by atomic mass is 32.2. The summed E-state index contributed by atoms with van der Waals surface area (Å²) >= 11 is 0. The molecule has 1 aliphatic rings. The molecule has 1 fully saturated rings. The van der Waals surface area contributed by atoms with Crippen molar-refractivity contribution in [1.29, 1.82) is 0 Å². The fourth-order valence-electron chi connectivity index (χ4n) is 2.75. The molecule has 0 saturated carbocycles. The Labute approximate surface area is 141 Å². The van der Waals surface area contributed by atoms with Crippen molar-refractivity contribution in [2.75, 3.05) is 19.3 Å². The quantitative estimate of drug-likeness (QED) is 0.852. The fraction of sp³-hybridized carbons (Fsp3) is 0.412. The maximum absolute atomic E-state index is 12.5. The summed E-state index contributed by atoms with van der Waals surface area (Å²) in [6.45, 7) is 3.67. The van der Waals surface area contributed by atoms with Crippen LogP contribution in [0.25, 0.3) is 11.3 Å². The van der Waals surface area contributed by atoms with Crippen LogP contribution < -0.4 is 0 Å². The molecule has 24 heavy (non-hydrogen) atoms. The Hall–Kier alpha value is -2.15. The number of hydrogen-bond acceptors (Lipinski definition) is 5. The first-order valence-electron chi connectivity index (χ1n) is 7.91. The van der Waals surface area contributed by atoms with E-state index in [1.54, 1.807) is 23.1 Å². The van der Waals surface area contributed by atoms with Crippen LogP contribution in [0, 0.1) is 5.92 Å². The maximum atomic E-state index is 12.5. The summed E-state index contributed by atoms with van der Waals surface area (Å²) in [7, 11) is -3.24. The van der Waals surface area contributed by atoms with Crippen LogP contribution in [-0.2, 0) is 9.84 Å². The van der Waals surface area contributed by atoms with Gasteiger partial charge in [-0.2, -0.15) is 0 Å². The van der Waals surface area contributed by atoms with Gasteiger partial charge in [0.2, 0.25) is 0 Å². The number of likely N-dealkylation sites (tertiary alicyclic amines) is 1. The minimum atomic E-state index is -3.24. The van der Waals surface area contributed by atoms with E-state index in [1.807, 2.05) is 0 Å². The highest BCUT2D eigenvalue weighted by Gasteiger charge is 2.24. The minimum Gasteiger partial charge on any atom is -0.355 e. The Morgan fingerprint density at radius 1 is 1.21 bits per heavy atom. The van der Waals surface area contributed by atoms with Crippen LogP contribution in [0.15, 0.2) is 39.8 Å². The number of carbonyl (C=O) groups excluding carboxylic acids is 1. The largest absolute Gasteiger partial charge is 0.355 e. The van der Waals surface area contributed by atoms with E-state index in [9.17, 15) is 13.2 Å². The Bertz CT molecular complexity index is 832. The molecule has 0 unspecified atom stereocenters. The molecule has 0 bridgehead atoms. The number of sulfone groups is 1. The molecule has 0 radical (unpaired) electrons. The molecule has 0 aliphatic carbocycles. The summed E-state index contributed by atoms with van der Waals surface area (Å²) in [5.41, 5.74) is 0.966. The Morgan fingerprint density at radius 2 is 1.83 bits per heavy atom. The fourth-order valence-corrected chi connectivity index (χ4v) is 3.38. The van der Waals surface area contributed by atoms with Gasteiger partial charge in [0.1, 0.15) is 0 Å². The first kappa shape index (κ1) is 16.7. The van der Waals surface area contributed by atoms with Gasteiger partial charge in [-0.05, 0) is 43.0 Å². The van der Waals surface area contributed by atoms with Crippen molar-refractivity contribution in [2.24, 2.45) is 5.92 Å². The lowest BCUT2D eigenvalue weighted by Crippen LogP contribution is -2.38. The number of aromatic nitrogens is 1. The number of rotatable bonds is 3. The first-order valence-corrected chi connectivity index (χ1v) is 9.80. The third kappa shape index (κ3) is 3.51. The molecule has 6 nitrogen and oxygen atoms in total. The van der Waals surface area contributed by atoms with Crippen LogP contribution in [0.1, 0.15) is 30.3 Å². The monoisotopic (exact) mass is 348 g/mol. The van der Waals surface area contributed by atoms with Crippen molar-refractivity contribution in [1.82, 2.24) is 10.1 Å². The Kier molecular flexibility index (Phi) is 4.45. The number of piperidine rings is 1. The summed E-state index contributed by atoms with van der Waals surface area (Å²) in [4.78, 5) is 14.5. The number of benzene rings is 1. The van der Waals surface area contributed by atoms with Gasteiger partial charge in [0.05, 0.1) is 4.90 Å². The second-order valence-electron chi connectivity index (χ2n) is 6.35. The predicted octanol–water partition coefficient (Wildman–Crippen LogP) is 2.62. The number of amides is 1. The van der Waals surface area contributed by atoms with Gasteiger partial charge in [0.25, 0.3) is 5.91 Å². The number of hydrogen-bond donors (Lipinski definition) is 0. The van der Waals surface area contributed by atoms with Crippen LogP contribution in [0.4, 0.5) is 0 Å². The van der Waals surface area contributed by atoms with Crippen molar-refractivity contribution >= 4 is 15.7 Å². The van der Waals surface area contributed by atoms with Crippen LogP contribution >= 0.6 is 0 Å². The lowest BCUT2D eigenvalue weighted by Gasteiger charge is -2.29. The average Bonchev–Trinajstić information content (AvgIpc) is 3.04. The summed E-state index contributed by atoms with van der Waals surface area (Å²) < 4.78 is 28.2. The van der Waals surface area contributed by atoms with Crippen LogP contribution in [0.3, 0.4) is 0 Å². The van der Waals surface area contributed by atoms with E-state index in [0.29, 0.717) is 17.2 Å². The van der Waals surface area contributed by atoms with Gasteiger partial charge < -0.3 is 9.42 Å². The SMILES string of the molecule is CC1CCN(C(=O)c2cc(-c3ccc(S(C)(=O)=O)cc3)on2)CC1. The zero-order valence-corrected chi connectivity index (χ0v) is 14.5. The van der Waals surface area contributed by atoms with Gasteiger partial charge >= 0.3 is 0 Å². The van der Waals surface area contributed by atoms with Crippen molar-refractivity contribution in [3.8, 4) is 11.3 Å². The third-order valence-corrected chi connectivity index (χ3v) is 5.50. The maximum Gasteiger partial charge on any atom is 0.276 e. The molecule has 1 aromatic carbocycles. The highest BCUT2D eigenvalue weighted by molar-refractivity contribution is 7.90. The van der Waals surface area contributed by atoms with Crippen molar-refractivity contribution in [2.45, 2.75) is 24.7 Å². The smallest absolute Gasteiger partial charge is 0.276 e. The molecule has 1 saturated heterocycles. The average molecular weight is 348 g/mol.